The third-order valence-electron chi connectivity index (χ3n) is 3.65. The predicted molar refractivity (Wildman–Crippen MR) is 79.9 cm³/mol. The number of sulfonamides is 1. The lowest BCUT2D eigenvalue weighted by Crippen LogP contribution is -2.49. The zero-order chi connectivity index (χ0) is 15.5. The molecule has 2 unspecified atom stereocenters. The summed E-state index contributed by atoms with van der Waals surface area (Å²) in [6.45, 7) is 2.45. The van der Waals surface area contributed by atoms with Gasteiger partial charge in [-0.25, -0.2) is 13.6 Å². The van der Waals surface area contributed by atoms with Gasteiger partial charge in [0.1, 0.15) is 0 Å². The monoisotopic (exact) mass is 311 g/mol. The van der Waals surface area contributed by atoms with Gasteiger partial charge in [0.2, 0.25) is 15.9 Å². The molecule has 1 aromatic carbocycles. The Morgan fingerprint density at radius 3 is 2.57 bits per heavy atom. The third-order valence-corrected chi connectivity index (χ3v) is 4.58. The highest BCUT2D eigenvalue weighted by molar-refractivity contribution is 7.89. The van der Waals surface area contributed by atoms with E-state index in [4.69, 9.17) is 5.14 Å². The van der Waals surface area contributed by atoms with Crippen molar-refractivity contribution in [2.24, 2.45) is 5.14 Å². The SMILES string of the molecule is CC1CCCC(C(=O)NCc2ccc(S(N)(=O)=O)cc2)N1. The summed E-state index contributed by atoms with van der Waals surface area (Å²) in [6, 6.07) is 6.41. The van der Waals surface area contributed by atoms with Crippen molar-refractivity contribution in [1.29, 1.82) is 0 Å². The van der Waals surface area contributed by atoms with Gasteiger partial charge in [0.15, 0.2) is 0 Å². The van der Waals surface area contributed by atoms with Gasteiger partial charge in [-0.1, -0.05) is 12.1 Å². The standard InChI is InChI=1S/C14H21N3O3S/c1-10-3-2-4-13(17-10)14(18)16-9-11-5-7-12(8-6-11)21(15,19)20/h5-8,10,13,17H,2-4,9H2,1H3,(H,16,18)(H2,15,19,20). The van der Waals surface area contributed by atoms with Crippen LogP contribution in [-0.4, -0.2) is 26.4 Å². The van der Waals surface area contributed by atoms with E-state index in [1.165, 1.54) is 12.1 Å². The van der Waals surface area contributed by atoms with Crippen LogP contribution in [0.5, 0.6) is 0 Å². The number of carbonyl (C=O) groups is 1. The Labute approximate surface area is 125 Å². The molecule has 116 valence electrons. The van der Waals surface area contributed by atoms with E-state index < -0.39 is 10.0 Å². The van der Waals surface area contributed by atoms with Gasteiger partial charge in [-0.3, -0.25) is 4.79 Å². The number of hydrogen-bond donors (Lipinski definition) is 3. The van der Waals surface area contributed by atoms with Crippen LogP contribution in [0.2, 0.25) is 0 Å². The highest BCUT2D eigenvalue weighted by Gasteiger charge is 2.23. The van der Waals surface area contributed by atoms with Gasteiger partial charge in [0.25, 0.3) is 0 Å². The molecule has 7 heteroatoms. The van der Waals surface area contributed by atoms with Crippen molar-refractivity contribution >= 4 is 15.9 Å². The largest absolute Gasteiger partial charge is 0.351 e. The van der Waals surface area contributed by atoms with Crippen LogP contribution in [0.4, 0.5) is 0 Å². The van der Waals surface area contributed by atoms with E-state index >= 15 is 0 Å². The number of primary sulfonamides is 1. The van der Waals surface area contributed by atoms with E-state index in [0.717, 1.165) is 24.8 Å². The smallest absolute Gasteiger partial charge is 0.238 e. The highest BCUT2D eigenvalue weighted by Crippen LogP contribution is 2.13. The fraction of sp³-hybridized carbons (Fsp3) is 0.500. The number of carbonyl (C=O) groups excluding carboxylic acids is 1. The minimum Gasteiger partial charge on any atom is -0.351 e. The molecular formula is C14H21N3O3S. The number of hydrogen-bond acceptors (Lipinski definition) is 4. The van der Waals surface area contributed by atoms with Gasteiger partial charge in [-0.2, -0.15) is 0 Å². The molecule has 0 aromatic heterocycles. The summed E-state index contributed by atoms with van der Waals surface area (Å²) in [6.07, 6.45) is 2.99. The maximum atomic E-state index is 12.1. The molecule has 0 aliphatic carbocycles. The zero-order valence-electron chi connectivity index (χ0n) is 12.0. The van der Waals surface area contributed by atoms with E-state index in [0.29, 0.717) is 12.6 Å². The zero-order valence-corrected chi connectivity index (χ0v) is 12.8. The molecule has 6 nitrogen and oxygen atoms in total. The van der Waals surface area contributed by atoms with E-state index in [2.05, 4.69) is 17.6 Å². The molecular weight excluding hydrogens is 290 g/mol. The summed E-state index contributed by atoms with van der Waals surface area (Å²) >= 11 is 0. The van der Waals surface area contributed by atoms with Gasteiger partial charge in [0.05, 0.1) is 10.9 Å². The Morgan fingerprint density at radius 2 is 2.00 bits per heavy atom. The highest BCUT2D eigenvalue weighted by atomic mass is 32.2. The van der Waals surface area contributed by atoms with Crippen molar-refractivity contribution in [2.75, 3.05) is 0 Å². The molecule has 0 spiro atoms. The minimum atomic E-state index is -3.67. The average molecular weight is 311 g/mol. The molecule has 0 radical (unpaired) electrons. The molecule has 2 atom stereocenters. The molecule has 1 saturated heterocycles. The molecule has 1 fully saturated rings. The summed E-state index contributed by atoms with van der Waals surface area (Å²) in [4.78, 5) is 12.1. The second kappa shape index (κ2) is 6.55. The first-order chi connectivity index (χ1) is 9.86. The number of benzene rings is 1. The van der Waals surface area contributed by atoms with E-state index in [1.807, 2.05) is 0 Å². The fourth-order valence-electron chi connectivity index (χ4n) is 2.45. The molecule has 1 heterocycles. The molecule has 1 aliphatic rings. The minimum absolute atomic E-state index is 0.0166. The molecule has 21 heavy (non-hydrogen) atoms. The van der Waals surface area contributed by atoms with Crippen LogP contribution in [0.1, 0.15) is 31.7 Å². The van der Waals surface area contributed by atoms with Crippen LogP contribution in [-0.2, 0) is 21.4 Å². The van der Waals surface area contributed by atoms with Crippen molar-refractivity contribution < 1.29 is 13.2 Å². The van der Waals surface area contributed by atoms with E-state index in [-0.39, 0.29) is 16.8 Å². The maximum absolute atomic E-state index is 12.1. The molecule has 0 bridgehead atoms. The lowest BCUT2D eigenvalue weighted by atomic mass is 9.99. The lowest BCUT2D eigenvalue weighted by molar-refractivity contribution is -0.124. The molecule has 1 aromatic rings. The van der Waals surface area contributed by atoms with Crippen molar-refractivity contribution in [3.63, 3.8) is 0 Å². The van der Waals surface area contributed by atoms with Crippen molar-refractivity contribution in [2.45, 2.75) is 49.7 Å². The number of amides is 1. The van der Waals surface area contributed by atoms with E-state index in [1.54, 1.807) is 12.1 Å². The summed E-state index contributed by atoms with van der Waals surface area (Å²) in [5.74, 6) is -0.0166. The number of rotatable bonds is 4. The first-order valence-corrected chi connectivity index (χ1v) is 8.56. The van der Waals surface area contributed by atoms with Crippen LogP contribution in [0.25, 0.3) is 0 Å². The average Bonchev–Trinajstić information content (AvgIpc) is 2.44. The van der Waals surface area contributed by atoms with Gasteiger partial charge in [-0.15, -0.1) is 0 Å². The lowest BCUT2D eigenvalue weighted by Gasteiger charge is -2.27. The fourth-order valence-corrected chi connectivity index (χ4v) is 2.97. The molecule has 1 amide bonds. The predicted octanol–water partition coefficient (Wildman–Crippen LogP) is 0.481. The molecule has 4 N–H and O–H groups in total. The quantitative estimate of drug-likeness (QED) is 0.753. The summed E-state index contributed by atoms with van der Waals surface area (Å²) in [5.41, 5.74) is 0.833. The Kier molecular flexibility index (Phi) is 4.97. The Balaban J connectivity index is 1.89. The normalized spacial score (nSPS) is 22.8. The van der Waals surface area contributed by atoms with Gasteiger partial charge in [0, 0.05) is 12.6 Å². The first kappa shape index (κ1) is 15.9. The van der Waals surface area contributed by atoms with Crippen LogP contribution < -0.4 is 15.8 Å². The molecule has 1 aliphatic heterocycles. The number of nitrogens with two attached hydrogens (primary N) is 1. The van der Waals surface area contributed by atoms with Crippen LogP contribution in [0.15, 0.2) is 29.2 Å². The second-order valence-corrected chi connectivity index (χ2v) is 7.02. The molecule has 0 saturated carbocycles. The van der Waals surface area contributed by atoms with Crippen LogP contribution >= 0.6 is 0 Å². The van der Waals surface area contributed by atoms with Crippen LogP contribution in [0.3, 0.4) is 0 Å². The molecule has 2 rings (SSSR count). The topological polar surface area (TPSA) is 101 Å². The number of nitrogens with one attached hydrogen (secondary N) is 2. The summed E-state index contributed by atoms with van der Waals surface area (Å²) < 4.78 is 22.3. The van der Waals surface area contributed by atoms with Crippen LogP contribution in [0, 0.1) is 0 Å². The van der Waals surface area contributed by atoms with Gasteiger partial charge in [-0.05, 0) is 43.9 Å². The van der Waals surface area contributed by atoms with Gasteiger partial charge >= 0.3 is 0 Å². The number of piperidine rings is 1. The van der Waals surface area contributed by atoms with Crippen molar-refractivity contribution in [1.82, 2.24) is 10.6 Å². The Hall–Kier alpha value is -1.44. The first-order valence-electron chi connectivity index (χ1n) is 7.02. The summed E-state index contributed by atoms with van der Waals surface area (Å²) in [7, 11) is -3.67. The van der Waals surface area contributed by atoms with Gasteiger partial charge < -0.3 is 10.6 Å². The van der Waals surface area contributed by atoms with E-state index in [9.17, 15) is 13.2 Å². The van der Waals surface area contributed by atoms with Crippen molar-refractivity contribution in [3.05, 3.63) is 29.8 Å². The van der Waals surface area contributed by atoms with Crippen molar-refractivity contribution in [3.8, 4) is 0 Å². The summed E-state index contributed by atoms with van der Waals surface area (Å²) in [5, 5.41) is 11.2. The maximum Gasteiger partial charge on any atom is 0.238 e. The third kappa shape index (κ3) is 4.52. The second-order valence-electron chi connectivity index (χ2n) is 5.46. The Morgan fingerprint density at radius 1 is 1.33 bits per heavy atom. The Bertz CT molecular complexity index is 598.